The lowest BCUT2D eigenvalue weighted by molar-refractivity contribution is 0.102. The highest BCUT2D eigenvalue weighted by Gasteiger charge is 2.17. The summed E-state index contributed by atoms with van der Waals surface area (Å²) >= 11 is 1.56. The maximum Gasteiger partial charge on any atom is 0.336 e. The monoisotopic (exact) mass is 422 g/mol. The summed E-state index contributed by atoms with van der Waals surface area (Å²) in [4.78, 5) is 17.8. The molecule has 30 heavy (non-hydrogen) atoms. The number of hydrogen-bond acceptors (Lipinski definition) is 5. The second-order valence-electron chi connectivity index (χ2n) is 6.75. The number of aromatic nitrogens is 3. The van der Waals surface area contributed by atoms with Crippen molar-refractivity contribution in [2.24, 2.45) is 0 Å². The van der Waals surface area contributed by atoms with E-state index in [-0.39, 0.29) is 11.7 Å². The standard InChI is InChI=1S/C22H19FN4O2S/c1-14(2)29-22-25-20(19-8-5-13-30-19)27(26-22)16-11-9-15(10-12-16)24-21(28)17-6-3-4-7-18(17)23/h3-14H,1-2H3,(H,24,28). The van der Waals surface area contributed by atoms with Crippen LogP contribution in [0, 0.1) is 5.82 Å². The van der Waals surface area contributed by atoms with Crippen LogP contribution in [0.3, 0.4) is 0 Å². The summed E-state index contributed by atoms with van der Waals surface area (Å²) in [5.41, 5.74) is 1.30. The molecule has 0 aliphatic carbocycles. The van der Waals surface area contributed by atoms with E-state index in [0.29, 0.717) is 17.5 Å². The lowest BCUT2D eigenvalue weighted by Gasteiger charge is -2.08. The van der Waals surface area contributed by atoms with E-state index in [2.05, 4.69) is 15.4 Å². The number of anilines is 1. The van der Waals surface area contributed by atoms with E-state index in [1.54, 1.807) is 40.3 Å². The van der Waals surface area contributed by atoms with Crippen molar-refractivity contribution in [3.63, 3.8) is 0 Å². The Labute approximate surface area is 177 Å². The first kappa shape index (κ1) is 19.8. The number of carbonyl (C=O) groups is 1. The first-order valence-electron chi connectivity index (χ1n) is 9.35. The Morgan fingerprint density at radius 1 is 1.10 bits per heavy atom. The van der Waals surface area contributed by atoms with Crippen molar-refractivity contribution in [2.75, 3.05) is 5.32 Å². The number of nitrogens with one attached hydrogen (secondary N) is 1. The van der Waals surface area contributed by atoms with Crippen molar-refractivity contribution in [2.45, 2.75) is 20.0 Å². The number of carbonyl (C=O) groups excluding carboxylic acids is 1. The molecule has 0 saturated carbocycles. The number of rotatable bonds is 6. The van der Waals surface area contributed by atoms with Crippen molar-refractivity contribution >= 4 is 22.9 Å². The minimum Gasteiger partial charge on any atom is -0.460 e. The van der Waals surface area contributed by atoms with E-state index in [9.17, 15) is 9.18 Å². The first-order valence-corrected chi connectivity index (χ1v) is 10.2. The molecule has 6 nitrogen and oxygen atoms in total. The quantitative estimate of drug-likeness (QED) is 0.465. The van der Waals surface area contributed by atoms with Crippen LogP contribution < -0.4 is 10.1 Å². The number of amides is 1. The Morgan fingerprint density at radius 3 is 2.53 bits per heavy atom. The Morgan fingerprint density at radius 2 is 1.87 bits per heavy atom. The average molecular weight is 422 g/mol. The highest BCUT2D eigenvalue weighted by molar-refractivity contribution is 7.13. The van der Waals surface area contributed by atoms with Crippen molar-refractivity contribution in [1.82, 2.24) is 14.8 Å². The minimum absolute atomic E-state index is 0.00619. The molecule has 8 heteroatoms. The van der Waals surface area contributed by atoms with Gasteiger partial charge in [-0.2, -0.15) is 4.98 Å². The number of benzene rings is 2. The molecule has 0 fully saturated rings. The largest absolute Gasteiger partial charge is 0.460 e. The molecule has 0 spiro atoms. The zero-order valence-electron chi connectivity index (χ0n) is 16.4. The number of thiophene rings is 1. The molecule has 0 aliphatic rings. The van der Waals surface area contributed by atoms with Crippen molar-refractivity contribution in [3.05, 3.63) is 77.4 Å². The molecule has 2 aromatic heterocycles. The molecular weight excluding hydrogens is 403 g/mol. The van der Waals surface area contributed by atoms with Crippen LogP contribution in [0.25, 0.3) is 16.4 Å². The van der Waals surface area contributed by atoms with Gasteiger partial charge in [0.15, 0.2) is 5.82 Å². The molecule has 0 radical (unpaired) electrons. The van der Waals surface area contributed by atoms with Crippen LogP contribution in [0.15, 0.2) is 66.0 Å². The van der Waals surface area contributed by atoms with Crippen LogP contribution in [0.4, 0.5) is 10.1 Å². The topological polar surface area (TPSA) is 69.0 Å². The smallest absolute Gasteiger partial charge is 0.336 e. The number of nitrogens with zero attached hydrogens (tertiary/aromatic N) is 3. The highest BCUT2D eigenvalue weighted by atomic mass is 32.1. The van der Waals surface area contributed by atoms with Gasteiger partial charge in [0, 0.05) is 5.69 Å². The number of ether oxygens (including phenoxy) is 1. The van der Waals surface area contributed by atoms with Gasteiger partial charge in [-0.3, -0.25) is 4.79 Å². The predicted octanol–water partition coefficient (Wildman–Crippen LogP) is 5.17. The van der Waals surface area contributed by atoms with E-state index in [4.69, 9.17) is 4.74 Å². The average Bonchev–Trinajstić information content (AvgIpc) is 3.38. The SMILES string of the molecule is CC(C)Oc1nc(-c2cccs2)n(-c2ccc(NC(=O)c3ccccc3F)cc2)n1. The summed E-state index contributed by atoms with van der Waals surface area (Å²) in [6.45, 7) is 3.83. The van der Waals surface area contributed by atoms with E-state index in [1.165, 1.54) is 12.1 Å². The molecule has 1 N–H and O–H groups in total. The third kappa shape index (κ3) is 4.23. The fourth-order valence-corrected chi connectivity index (χ4v) is 3.53. The van der Waals surface area contributed by atoms with Crippen molar-refractivity contribution < 1.29 is 13.9 Å². The van der Waals surface area contributed by atoms with Gasteiger partial charge >= 0.3 is 6.01 Å². The van der Waals surface area contributed by atoms with Crippen LogP contribution in [-0.4, -0.2) is 26.8 Å². The van der Waals surface area contributed by atoms with Gasteiger partial charge in [-0.05, 0) is 61.7 Å². The predicted molar refractivity (Wildman–Crippen MR) is 115 cm³/mol. The summed E-state index contributed by atoms with van der Waals surface area (Å²) in [6.07, 6.45) is -0.0481. The van der Waals surface area contributed by atoms with Gasteiger partial charge < -0.3 is 10.1 Å². The molecule has 0 bridgehead atoms. The first-order chi connectivity index (χ1) is 14.5. The van der Waals surface area contributed by atoms with Crippen molar-refractivity contribution in [3.8, 4) is 22.4 Å². The van der Waals surface area contributed by atoms with Crippen molar-refractivity contribution in [1.29, 1.82) is 0 Å². The van der Waals surface area contributed by atoms with Gasteiger partial charge in [-0.25, -0.2) is 9.07 Å². The highest BCUT2D eigenvalue weighted by Crippen LogP contribution is 2.28. The van der Waals surface area contributed by atoms with Crippen LogP contribution in [0.5, 0.6) is 6.01 Å². The summed E-state index contributed by atoms with van der Waals surface area (Å²) in [5, 5.41) is 9.15. The fourth-order valence-electron chi connectivity index (χ4n) is 2.83. The molecule has 0 aliphatic heterocycles. The number of halogens is 1. The Balaban J connectivity index is 1.60. The Bertz CT molecular complexity index is 1150. The fraction of sp³-hybridized carbons (Fsp3) is 0.136. The van der Waals surface area contributed by atoms with Crippen LogP contribution >= 0.6 is 11.3 Å². The molecular formula is C22H19FN4O2S. The van der Waals surface area contributed by atoms with Gasteiger partial charge in [0.05, 0.1) is 22.2 Å². The maximum absolute atomic E-state index is 13.8. The van der Waals surface area contributed by atoms with Gasteiger partial charge in [0.1, 0.15) is 5.82 Å². The van der Waals surface area contributed by atoms with Crippen LogP contribution in [0.1, 0.15) is 24.2 Å². The third-order valence-electron chi connectivity index (χ3n) is 4.16. The maximum atomic E-state index is 13.8. The second-order valence-corrected chi connectivity index (χ2v) is 7.70. The van der Waals surface area contributed by atoms with E-state index >= 15 is 0 Å². The lowest BCUT2D eigenvalue weighted by Crippen LogP contribution is -2.13. The Kier molecular flexibility index (Phi) is 5.58. The summed E-state index contributed by atoms with van der Waals surface area (Å²) in [7, 11) is 0. The molecule has 4 rings (SSSR count). The summed E-state index contributed by atoms with van der Waals surface area (Å²) in [6, 6.07) is 17.2. The van der Waals surface area contributed by atoms with E-state index in [0.717, 1.165) is 10.6 Å². The molecule has 2 aromatic carbocycles. The summed E-state index contributed by atoms with van der Waals surface area (Å²) < 4.78 is 21.2. The van der Waals surface area contributed by atoms with Gasteiger partial charge in [0.2, 0.25) is 0 Å². The van der Waals surface area contributed by atoms with Gasteiger partial charge in [-0.15, -0.1) is 16.4 Å². The molecule has 0 unspecified atom stereocenters. The molecule has 0 saturated heterocycles. The normalized spacial score (nSPS) is 10.9. The Hall–Kier alpha value is -3.52. The van der Waals surface area contributed by atoms with Crippen LogP contribution in [0.2, 0.25) is 0 Å². The third-order valence-corrected chi connectivity index (χ3v) is 5.02. The molecule has 1 amide bonds. The molecule has 2 heterocycles. The van der Waals surface area contributed by atoms with E-state index < -0.39 is 11.7 Å². The van der Waals surface area contributed by atoms with Gasteiger partial charge in [0.25, 0.3) is 5.91 Å². The molecule has 4 aromatic rings. The molecule has 0 atom stereocenters. The van der Waals surface area contributed by atoms with Gasteiger partial charge in [-0.1, -0.05) is 18.2 Å². The minimum atomic E-state index is -0.562. The van der Waals surface area contributed by atoms with E-state index in [1.807, 2.05) is 43.5 Å². The zero-order valence-corrected chi connectivity index (χ0v) is 17.2. The number of hydrogen-bond donors (Lipinski definition) is 1. The second kappa shape index (κ2) is 8.46. The van der Waals surface area contributed by atoms with Crippen LogP contribution in [-0.2, 0) is 0 Å². The molecule has 152 valence electrons. The lowest BCUT2D eigenvalue weighted by atomic mass is 10.2. The summed E-state index contributed by atoms with van der Waals surface area (Å²) in [5.74, 6) is -0.398. The zero-order chi connectivity index (χ0) is 21.1.